The Kier molecular flexibility index (Phi) is 3.51. The number of rotatable bonds is 3. The lowest BCUT2D eigenvalue weighted by Crippen LogP contribution is -2.35. The van der Waals surface area contributed by atoms with E-state index in [-0.39, 0.29) is 12.1 Å². The fourth-order valence-corrected chi connectivity index (χ4v) is 2.09. The van der Waals surface area contributed by atoms with E-state index in [1.165, 1.54) is 0 Å². The number of fused-ring (bicyclic) bond motifs is 1. The van der Waals surface area contributed by atoms with Crippen molar-refractivity contribution >= 4 is 17.1 Å². The maximum absolute atomic E-state index is 12.0. The smallest absolute Gasteiger partial charge is 0.329 e. The Morgan fingerprint density at radius 3 is 2.76 bits per heavy atom. The molecule has 2 amide bonds. The number of pyridine rings is 1. The fourth-order valence-electron chi connectivity index (χ4n) is 2.09. The van der Waals surface area contributed by atoms with Crippen molar-refractivity contribution < 1.29 is 4.79 Å². The molecular formula is C15H15N5O. The zero-order valence-corrected chi connectivity index (χ0v) is 11.5. The second-order valence-electron chi connectivity index (χ2n) is 4.66. The molecule has 0 aliphatic heterocycles. The van der Waals surface area contributed by atoms with Gasteiger partial charge in [0.05, 0.1) is 22.8 Å². The molecule has 0 saturated heterocycles. The molecular weight excluding hydrogens is 266 g/mol. The molecule has 0 radical (unpaired) electrons. The Labute approximate surface area is 121 Å². The van der Waals surface area contributed by atoms with E-state index in [2.05, 4.69) is 20.7 Å². The molecule has 1 atom stereocenters. The maximum atomic E-state index is 12.0. The van der Waals surface area contributed by atoms with Gasteiger partial charge in [0.15, 0.2) is 0 Å². The summed E-state index contributed by atoms with van der Waals surface area (Å²) >= 11 is 0. The highest BCUT2D eigenvalue weighted by Gasteiger charge is 2.11. The van der Waals surface area contributed by atoms with E-state index in [4.69, 9.17) is 0 Å². The van der Waals surface area contributed by atoms with E-state index in [1.807, 2.05) is 49.4 Å². The summed E-state index contributed by atoms with van der Waals surface area (Å²) in [5.74, 6) is 0. The van der Waals surface area contributed by atoms with Crippen LogP contribution in [0.1, 0.15) is 18.7 Å². The van der Waals surface area contributed by atoms with Gasteiger partial charge in [-0.3, -0.25) is 4.98 Å². The van der Waals surface area contributed by atoms with Gasteiger partial charge in [-0.25, -0.2) is 19.9 Å². The van der Waals surface area contributed by atoms with E-state index in [9.17, 15) is 4.79 Å². The molecule has 0 unspecified atom stereocenters. The standard InChI is InChI=1S/C15H15N5O/c1-11(12-6-4-5-9-16-12)18-15(21)19-20-10-17-13-7-2-3-8-14(13)20/h2-11H,1H3,(H2,18,19,21)/t11-/m0/s1. The number of urea groups is 1. The van der Waals surface area contributed by atoms with Crippen molar-refractivity contribution in [1.82, 2.24) is 20.0 Å². The fraction of sp³-hybridized carbons (Fsp3) is 0.133. The number of para-hydroxylation sites is 2. The zero-order chi connectivity index (χ0) is 14.7. The summed E-state index contributed by atoms with van der Waals surface area (Å²) in [6, 6.07) is 12.7. The largest absolute Gasteiger partial charge is 0.334 e. The van der Waals surface area contributed by atoms with E-state index in [0.717, 1.165) is 16.7 Å². The minimum Gasteiger partial charge on any atom is -0.329 e. The highest BCUT2D eigenvalue weighted by Crippen LogP contribution is 2.11. The van der Waals surface area contributed by atoms with Crippen LogP contribution in [0.15, 0.2) is 55.0 Å². The average molecular weight is 281 g/mol. The maximum Gasteiger partial charge on any atom is 0.334 e. The SMILES string of the molecule is C[C@H](NC(=O)Nn1cnc2ccccc21)c1ccccn1. The van der Waals surface area contributed by atoms with Crippen molar-refractivity contribution in [2.24, 2.45) is 0 Å². The van der Waals surface area contributed by atoms with Gasteiger partial charge in [-0.15, -0.1) is 0 Å². The number of imidazole rings is 1. The molecule has 0 fully saturated rings. The molecule has 1 aromatic carbocycles. The van der Waals surface area contributed by atoms with E-state index >= 15 is 0 Å². The first-order valence-electron chi connectivity index (χ1n) is 6.64. The average Bonchev–Trinajstić information content (AvgIpc) is 2.91. The van der Waals surface area contributed by atoms with Crippen LogP contribution in [0.25, 0.3) is 11.0 Å². The predicted octanol–water partition coefficient (Wildman–Crippen LogP) is 2.45. The predicted molar refractivity (Wildman–Crippen MR) is 80.3 cm³/mol. The highest BCUT2D eigenvalue weighted by molar-refractivity contribution is 5.85. The lowest BCUT2D eigenvalue weighted by atomic mass is 10.2. The van der Waals surface area contributed by atoms with Crippen LogP contribution in [0, 0.1) is 0 Å². The number of nitrogens with zero attached hydrogens (tertiary/aromatic N) is 3. The van der Waals surface area contributed by atoms with Crippen molar-refractivity contribution in [3.63, 3.8) is 0 Å². The third-order valence-electron chi connectivity index (χ3n) is 3.15. The van der Waals surface area contributed by atoms with Gasteiger partial charge >= 0.3 is 6.03 Å². The van der Waals surface area contributed by atoms with Crippen LogP contribution in [-0.4, -0.2) is 20.7 Å². The summed E-state index contributed by atoms with van der Waals surface area (Å²) < 4.78 is 1.59. The second kappa shape index (κ2) is 5.62. The molecule has 106 valence electrons. The molecule has 3 aromatic rings. The number of benzene rings is 1. The quantitative estimate of drug-likeness (QED) is 0.774. The topological polar surface area (TPSA) is 71.8 Å². The molecule has 0 aliphatic carbocycles. The van der Waals surface area contributed by atoms with Gasteiger partial charge in [0, 0.05) is 6.20 Å². The molecule has 2 N–H and O–H groups in total. The summed E-state index contributed by atoms with van der Waals surface area (Å²) in [5, 5.41) is 2.84. The van der Waals surface area contributed by atoms with Gasteiger partial charge in [-0.1, -0.05) is 18.2 Å². The molecule has 0 aliphatic rings. The lowest BCUT2D eigenvalue weighted by Gasteiger charge is -2.14. The Morgan fingerprint density at radius 2 is 1.95 bits per heavy atom. The molecule has 2 heterocycles. The Hall–Kier alpha value is -2.89. The van der Waals surface area contributed by atoms with Crippen molar-refractivity contribution in [2.45, 2.75) is 13.0 Å². The number of carbonyl (C=O) groups excluding carboxylic acids is 1. The number of carbonyl (C=O) groups is 1. The minimum absolute atomic E-state index is 0.180. The summed E-state index contributed by atoms with van der Waals surface area (Å²) in [7, 11) is 0. The van der Waals surface area contributed by atoms with Gasteiger partial charge < -0.3 is 5.32 Å². The van der Waals surface area contributed by atoms with Crippen LogP contribution in [-0.2, 0) is 0 Å². The molecule has 6 nitrogen and oxygen atoms in total. The van der Waals surface area contributed by atoms with Crippen LogP contribution in [0.3, 0.4) is 0 Å². The molecule has 0 spiro atoms. The van der Waals surface area contributed by atoms with Gasteiger partial charge in [0.2, 0.25) is 0 Å². The Morgan fingerprint density at radius 1 is 1.14 bits per heavy atom. The number of hydrogen-bond donors (Lipinski definition) is 2. The molecule has 2 aromatic heterocycles. The van der Waals surface area contributed by atoms with E-state index in [1.54, 1.807) is 17.2 Å². The minimum atomic E-state index is -0.309. The normalized spacial score (nSPS) is 12.0. The van der Waals surface area contributed by atoms with Crippen LogP contribution in [0.5, 0.6) is 0 Å². The highest BCUT2D eigenvalue weighted by atomic mass is 16.2. The second-order valence-corrected chi connectivity index (χ2v) is 4.66. The monoisotopic (exact) mass is 281 g/mol. The van der Waals surface area contributed by atoms with Gasteiger partial charge in [0.1, 0.15) is 6.33 Å². The van der Waals surface area contributed by atoms with Crippen LogP contribution < -0.4 is 10.7 Å². The van der Waals surface area contributed by atoms with Crippen LogP contribution in [0.2, 0.25) is 0 Å². The van der Waals surface area contributed by atoms with Crippen molar-refractivity contribution in [3.8, 4) is 0 Å². The lowest BCUT2D eigenvalue weighted by molar-refractivity contribution is 0.246. The van der Waals surface area contributed by atoms with Gasteiger partial charge in [-0.05, 0) is 31.2 Å². The van der Waals surface area contributed by atoms with Crippen LogP contribution >= 0.6 is 0 Å². The first kappa shape index (κ1) is 13.1. The number of amides is 2. The molecule has 0 bridgehead atoms. The van der Waals surface area contributed by atoms with Crippen molar-refractivity contribution in [2.75, 3.05) is 5.43 Å². The third kappa shape index (κ3) is 2.84. The molecule has 21 heavy (non-hydrogen) atoms. The summed E-state index contributed by atoms with van der Waals surface area (Å²) in [6.45, 7) is 1.88. The van der Waals surface area contributed by atoms with Crippen LogP contribution in [0.4, 0.5) is 4.79 Å². The third-order valence-corrected chi connectivity index (χ3v) is 3.15. The zero-order valence-electron chi connectivity index (χ0n) is 11.5. The van der Waals surface area contributed by atoms with Gasteiger partial charge in [-0.2, -0.15) is 0 Å². The number of hydrogen-bond acceptors (Lipinski definition) is 3. The first-order valence-corrected chi connectivity index (χ1v) is 6.64. The van der Waals surface area contributed by atoms with Crippen molar-refractivity contribution in [3.05, 3.63) is 60.7 Å². The van der Waals surface area contributed by atoms with Gasteiger partial charge in [0.25, 0.3) is 0 Å². The van der Waals surface area contributed by atoms with Crippen molar-refractivity contribution in [1.29, 1.82) is 0 Å². The Balaban J connectivity index is 1.69. The summed E-state index contributed by atoms with van der Waals surface area (Å²) in [4.78, 5) is 20.5. The summed E-state index contributed by atoms with van der Waals surface area (Å²) in [6.07, 6.45) is 3.28. The molecule has 6 heteroatoms. The number of aromatic nitrogens is 3. The van der Waals surface area contributed by atoms with E-state index < -0.39 is 0 Å². The molecule has 3 rings (SSSR count). The molecule has 0 saturated carbocycles. The Bertz CT molecular complexity index is 753. The number of nitrogens with one attached hydrogen (secondary N) is 2. The summed E-state index contributed by atoms with van der Waals surface area (Å²) in [5.41, 5.74) is 5.23. The first-order chi connectivity index (χ1) is 10.2. The van der Waals surface area contributed by atoms with E-state index in [0.29, 0.717) is 0 Å².